The van der Waals surface area contributed by atoms with E-state index in [9.17, 15) is 23.1 Å². The average molecular weight is 399 g/mol. The first-order valence-electron chi connectivity index (χ1n) is 5.66. The number of halogens is 1. The molecule has 0 aliphatic carbocycles. The molecule has 1 amide bonds. The smallest absolute Gasteiger partial charge is 0.345 e. The van der Waals surface area contributed by atoms with E-state index in [1.165, 1.54) is 0 Å². The molecular formula is C10H11BrN2O6S2. The summed E-state index contributed by atoms with van der Waals surface area (Å²) in [7, 11) is -4.14. The van der Waals surface area contributed by atoms with Gasteiger partial charge < -0.3 is 15.9 Å². The highest BCUT2D eigenvalue weighted by Gasteiger charge is 2.43. The molecule has 1 aromatic heterocycles. The largest absolute Gasteiger partial charge is 0.477 e. The van der Waals surface area contributed by atoms with E-state index in [0.29, 0.717) is 0 Å². The highest BCUT2D eigenvalue weighted by atomic mass is 79.9. The molecule has 0 bridgehead atoms. The molecule has 0 saturated carbocycles. The summed E-state index contributed by atoms with van der Waals surface area (Å²) in [6, 6.07) is -0.139. The van der Waals surface area contributed by atoms with Crippen LogP contribution in [0.1, 0.15) is 16.1 Å². The van der Waals surface area contributed by atoms with Crippen LogP contribution in [0.3, 0.4) is 0 Å². The number of nitrogens with two attached hydrogens (primary N) is 1. The SMILES string of the molecule is NC(=O)C1CC(O)CN1S(=O)(=O)c1cc(C(=O)O)sc1Br. The average Bonchev–Trinajstić information content (AvgIpc) is 2.93. The number of sulfonamides is 1. The molecule has 2 atom stereocenters. The van der Waals surface area contributed by atoms with Crippen molar-refractivity contribution in [2.45, 2.75) is 23.5 Å². The van der Waals surface area contributed by atoms with Gasteiger partial charge in [0.25, 0.3) is 0 Å². The fourth-order valence-electron chi connectivity index (χ4n) is 2.07. The van der Waals surface area contributed by atoms with E-state index in [-0.39, 0.29) is 26.5 Å². The minimum absolute atomic E-state index is 0.0812. The van der Waals surface area contributed by atoms with Gasteiger partial charge >= 0.3 is 5.97 Å². The Morgan fingerprint density at radius 2 is 2.10 bits per heavy atom. The first-order valence-corrected chi connectivity index (χ1v) is 8.71. The zero-order valence-corrected chi connectivity index (χ0v) is 13.6. The maximum absolute atomic E-state index is 12.5. The summed E-state index contributed by atoms with van der Waals surface area (Å²) in [6.07, 6.45) is -1.07. The van der Waals surface area contributed by atoms with Crippen LogP contribution in [-0.4, -0.2) is 53.5 Å². The van der Waals surface area contributed by atoms with Gasteiger partial charge in [-0.15, -0.1) is 11.3 Å². The maximum Gasteiger partial charge on any atom is 0.345 e. The van der Waals surface area contributed by atoms with E-state index in [1.54, 1.807) is 0 Å². The highest BCUT2D eigenvalue weighted by molar-refractivity contribution is 9.11. The fourth-order valence-corrected chi connectivity index (χ4v) is 6.07. The third-order valence-electron chi connectivity index (χ3n) is 3.01. The molecule has 0 spiro atoms. The number of carboxylic acids is 1. The molecule has 4 N–H and O–H groups in total. The number of aliphatic hydroxyl groups excluding tert-OH is 1. The molecule has 1 aliphatic heterocycles. The van der Waals surface area contributed by atoms with Crippen LogP contribution < -0.4 is 5.73 Å². The summed E-state index contributed by atoms with van der Waals surface area (Å²) in [4.78, 5) is 21.8. The number of hydrogen-bond acceptors (Lipinski definition) is 6. The topological polar surface area (TPSA) is 138 Å². The number of amides is 1. The number of β-amino-alcohol motifs (C(OH)–C–C–N with tert-alkyl or cyclic N) is 1. The van der Waals surface area contributed by atoms with E-state index >= 15 is 0 Å². The molecule has 116 valence electrons. The molecule has 2 unspecified atom stereocenters. The minimum atomic E-state index is -4.14. The van der Waals surface area contributed by atoms with Crippen LogP contribution in [0.15, 0.2) is 14.7 Å². The Hall–Kier alpha value is -1.01. The summed E-state index contributed by atoms with van der Waals surface area (Å²) in [5.41, 5.74) is 5.16. The molecule has 0 aromatic carbocycles. The van der Waals surface area contributed by atoms with Crippen molar-refractivity contribution in [2.75, 3.05) is 6.54 Å². The van der Waals surface area contributed by atoms with Crippen molar-refractivity contribution in [1.82, 2.24) is 4.31 Å². The van der Waals surface area contributed by atoms with Crippen LogP contribution in [0.2, 0.25) is 0 Å². The number of thiophene rings is 1. The lowest BCUT2D eigenvalue weighted by Gasteiger charge is -2.20. The molecular weight excluding hydrogens is 388 g/mol. The van der Waals surface area contributed by atoms with Crippen molar-refractivity contribution in [3.63, 3.8) is 0 Å². The van der Waals surface area contributed by atoms with Crippen LogP contribution in [0, 0.1) is 0 Å². The van der Waals surface area contributed by atoms with Gasteiger partial charge in [0, 0.05) is 13.0 Å². The molecule has 1 saturated heterocycles. The Morgan fingerprint density at radius 1 is 1.48 bits per heavy atom. The summed E-state index contributed by atoms with van der Waals surface area (Å²) < 4.78 is 26.0. The van der Waals surface area contributed by atoms with E-state index in [1.807, 2.05) is 0 Å². The molecule has 1 aromatic rings. The number of aromatic carboxylic acids is 1. The summed E-state index contributed by atoms with van der Waals surface area (Å²) in [5.74, 6) is -2.12. The zero-order chi connectivity index (χ0) is 15.9. The van der Waals surface area contributed by atoms with Gasteiger partial charge in [0.2, 0.25) is 15.9 Å². The quantitative estimate of drug-likeness (QED) is 0.642. The van der Waals surface area contributed by atoms with Gasteiger partial charge in [-0.25, -0.2) is 13.2 Å². The monoisotopic (exact) mass is 398 g/mol. The van der Waals surface area contributed by atoms with Gasteiger partial charge in [0.05, 0.1) is 9.89 Å². The van der Waals surface area contributed by atoms with Crippen molar-refractivity contribution < 1.29 is 28.2 Å². The third-order valence-corrected chi connectivity index (χ3v) is 7.13. The third kappa shape index (κ3) is 2.97. The maximum atomic E-state index is 12.5. The molecule has 21 heavy (non-hydrogen) atoms. The van der Waals surface area contributed by atoms with Crippen molar-refractivity contribution in [3.05, 3.63) is 14.7 Å². The standard InChI is InChI=1S/C10H11BrN2O6S2/c11-8-7(2-6(20-8)10(16)17)21(18,19)13-3-4(14)1-5(13)9(12)15/h2,4-5,14H,1,3H2,(H2,12,15)(H,16,17). The van der Waals surface area contributed by atoms with Crippen LogP contribution >= 0.6 is 27.3 Å². The molecule has 1 fully saturated rings. The molecule has 1 aliphatic rings. The number of hydrogen-bond donors (Lipinski definition) is 3. The Balaban J connectivity index is 2.46. The lowest BCUT2D eigenvalue weighted by Crippen LogP contribution is -2.43. The van der Waals surface area contributed by atoms with Gasteiger partial charge in [-0.2, -0.15) is 4.31 Å². The van der Waals surface area contributed by atoms with Crippen molar-refractivity contribution in [2.24, 2.45) is 5.73 Å². The second-order valence-corrected chi connectivity index (χ2v) is 8.67. The van der Waals surface area contributed by atoms with Gasteiger partial charge in [0.15, 0.2) is 0 Å². The van der Waals surface area contributed by atoms with Crippen LogP contribution in [-0.2, 0) is 14.8 Å². The zero-order valence-electron chi connectivity index (χ0n) is 10.4. The number of primary amides is 1. The number of rotatable bonds is 4. The number of carbonyl (C=O) groups is 2. The number of carbonyl (C=O) groups excluding carboxylic acids is 1. The molecule has 2 heterocycles. The summed E-state index contributed by atoms with van der Waals surface area (Å²) in [5, 5.41) is 18.5. The van der Waals surface area contributed by atoms with Gasteiger partial charge in [-0.05, 0) is 22.0 Å². The number of nitrogens with zero attached hydrogens (tertiary/aromatic N) is 1. The minimum Gasteiger partial charge on any atom is -0.477 e. The summed E-state index contributed by atoms with van der Waals surface area (Å²) in [6.45, 7) is -0.263. The Labute approximate surface area is 132 Å². The normalized spacial score (nSPS) is 23.3. The van der Waals surface area contributed by atoms with Crippen molar-refractivity contribution in [3.8, 4) is 0 Å². The van der Waals surface area contributed by atoms with E-state index in [2.05, 4.69) is 15.9 Å². The van der Waals surface area contributed by atoms with Gasteiger partial charge in [-0.3, -0.25) is 4.79 Å². The molecule has 2 rings (SSSR count). The van der Waals surface area contributed by atoms with Gasteiger partial charge in [-0.1, -0.05) is 0 Å². The molecule has 8 nitrogen and oxygen atoms in total. The first-order chi connectivity index (χ1) is 9.64. The van der Waals surface area contributed by atoms with Crippen LogP contribution in [0.5, 0.6) is 0 Å². The Kier molecular flexibility index (Phi) is 4.40. The second-order valence-electron chi connectivity index (χ2n) is 4.44. The second kappa shape index (κ2) is 5.65. The van der Waals surface area contributed by atoms with E-state index in [4.69, 9.17) is 10.8 Å². The summed E-state index contributed by atoms with van der Waals surface area (Å²) >= 11 is 3.76. The van der Waals surface area contributed by atoms with Crippen molar-refractivity contribution in [1.29, 1.82) is 0 Å². The lowest BCUT2D eigenvalue weighted by atomic mass is 10.2. The Bertz CT molecular complexity index is 700. The first kappa shape index (κ1) is 16.4. The van der Waals surface area contributed by atoms with Crippen LogP contribution in [0.4, 0.5) is 0 Å². The Morgan fingerprint density at radius 3 is 2.57 bits per heavy atom. The van der Waals surface area contributed by atoms with Crippen LogP contribution in [0.25, 0.3) is 0 Å². The fraction of sp³-hybridized carbons (Fsp3) is 0.400. The molecule has 11 heteroatoms. The predicted octanol–water partition coefficient (Wildman–Crippen LogP) is -0.182. The van der Waals surface area contributed by atoms with E-state index in [0.717, 1.165) is 21.7 Å². The molecule has 0 radical (unpaired) electrons. The number of aliphatic hydroxyl groups is 1. The predicted molar refractivity (Wildman–Crippen MR) is 76.5 cm³/mol. The van der Waals surface area contributed by atoms with Crippen molar-refractivity contribution >= 4 is 49.2 Å². The number of carboxylic acid groups (broad SMARTS) is 1. The highest BCUT2D eigenvalue weighted by Crippen LogP contribution is 2.36. The lowest BCUT2D eigenvalue weighted by molar-refractivity contribution is -0.121. The van der Waals surface area contributed by atoms with E-state index < -0.39 is 34.0 Å². The van der Waals surface area contributed by atoms with Gasteiger partial charge in [0.1, 0.15) is 15.8 Å².